The van der Waals surface area contributed by atoms with Crippen molar-refractivity contribution in [2.75, 3.05) is 18.0 Å². The van der Waals surface area contributed by atoms with Crippen molar-refractivity contribution >= 4 is 33.4 Å². The monoisotopic (exact) mass is 262 g/mol. The molecular weight excluding hydrogens is 248 g/mol. The first kappa shape index (κ1) is 11.5. The first-order chi connectivity index (χ1) is 8.66. The van der Waals surface area contributed by atoms with Crippen LogP contribution in [0.5, 0.6) is 0 Å². The van der Waals surface area contributed by atoms with Crippen molar-refractivity contribution in [3.63, 3.8) is 0 Å². The Morgan fingerprint density at radius 1 is 1.44 bits per heavy atom. The number of hydrogen-bond donors (Lipinski definition) is 1. The molecule has 1 aliphatic rings. The van der Waals surface area contributed by atoms with Crippen molar-refractivity contribution in [1.29, 1.82) is 0 Å². The van der Waals surface area contributed by atoms with E-state index in [2.05, 4.69) is 9.27 Å². The summed E-state index contributed by atoms with van der Waals surface area (Å²) in [7, 11) is 0. The van der Waals surface area contributed by atoms with Crippen LogP contribution in [0.25, 0.3) is 10.9 Å². The van der Waals surface area contributed by atoms with E-state index in [1.807, 2.05) is 31.2 Å². The van der Waals surface area contributed by atoms with E-state index in [1.54, 1.807) is 0 Å². The van der Waals surface area contributed by atoms with Gasteiger partial charge in [-0.1, -0.05) is 19.1 Å². The average molecular weight is 262 g/mol. The molecule has 1 aliphatic heterocycles. The van der Waals surface area contributed by atoms with E-state index in [0.717, 1.165) is 22.4 Å². The topological polar surface area (TPSA) is 53.4 Å². The minimum Gasteiger partial charge on any atom is -0.481 e. The maximum Gasteiger partial charge on any atom is 0.308 e. The number of rotatable bonds is 2. The van der Waals surface area contributed by atoms with E-state index in [9.17, 15) is 9.90 Å². The number of carbonyl (C=O) groups is 1. The molecule has 2 atom stereocenters. The lowest BCUT2D eigenvalue weighted by Crippen LogP contribution is -2.22. The van der Waals surface area contributed by atoms with Crippen LogP contribution >= 0.6 is 11.5 Å². The molecule has 0 bridgehead atoms. The molecule has 4 nitrogen and oxygen atoms in total. The van der Waals surface area contributed by atoms with Crippen molar-refractivity contribution in [3.8, 4) is 0 Å². The van der Waals surface area contributed by atoms with Crippen molar-refractivity contribution in [2.24, 2.45) is 11.8 Å². The molecule has 18 heavy (non-hydrogen) atoms. The van der Waals surface area contributed by atoms with Crippen LogP contribution in [0.15, 0.2) is 24.3 Å². The predicted molar refractivity (Wildman–Crippen MR) is 72.1 cm³/mol. The molecule has 0 aliphatic carbocycles. The highest BCUT2D eigenvalue weighted by Gasteiger charge is 2.35. The lowest BCUT2D eigenvalue weighted by molar-refractivity contribution is -0.142. The maximum atomic E-state index is 11.2. The van der Waals surface area contributed by atoms with E-state index in [4.69, 9.17) is 0 Å². The Morgan fingerprint density at radius 3 is 2.94 bits per heavy atom. The molecule has 1 aromatic heterocycles. The summed E-state index contributed by atoms with van der Waals surface area (Å²) in [5.74, 6) is -0.784. The first-order valence-corrected chi connectivity index (χ1v) is 6.76. The van der Waals surface area contributed by atoms with Gasteiger partial charge in [-0.2, -0.15) is 4.37 Å². The summed E-state index contributed by atoms with van der Waals surface area (Å²) in [4.78, 5) is 13.3. The van der Waals surface area contributed by atoms with Gasteiger partial charge in [-0.25, -0.2) is 0 Å². The Bertz CT molecular complexity index is 595. The third kappa shape index (κ3) is 1.75. The largest absolute Gasteiger partial charge is 0.481 e. The molecule has 2 unspecified atom stereocenters. The van der Waals surface area contributed by atoms with E-state index < -0.39 is 5.97 Å². The molecule has 3 rings (SSSR count). The van der Waals surface area contributed by atoms with Gasteiger partial charge in [0.25, 0.3) is 0 Å². The Morgan fingerprint density at radius 2 is 2.22 bits per heavy atom. The van der Waals surface area contributed by atoms with Gasteiger partial charge in [-0.05, 0) is 29.6 Å². The van der Waals surface area contributed by atoms with Crippen molar-refractivity contribution in [1.82, 2.24) is 4.37 Å². The van der Waals surface area contributed by atoms with Gasteiger partial charge in [0.2, 0.25) is 0 Å². The van der Waals surface area contributed by atoms with Gasteiger partial charge in [0.15, 0.2) is 0 Å². The molecule has 0 saturated carbocycles. The van der Waals surface area contributed by atoms with Crippen LogP contribution in [0.3, 0.4) is 0 Å². The van der Waals surface area contributed by atoms with E-state index in [-0.39, 0.29) is 11.8 Å². The molecular formula is C13H14N2O2S. The molecule has 1 saturated heterocycles. The summed E-state index contributed by atoms with van der Waals surface area (Å²) in [5.41, 5.74) is 0.990. The molecule has 0 spiro atoms. The highest BCUT2D eigenvalue weighted by atomic mass is 32.1. The lowest BCUT2D eigenvalue weighted by atomic mass is 9.99. The van der Waals surface area contributed by atoms with Gasteiger partial charge in [-0.3, -0.25) is 4.79 Å². The van der Waals surface area contributed by atoms with Crippen molar-refractivity contribution < 1.29 is 9.90 Å². The fraction of sp³-hybridized carbons (Fsp3) is 0.385. The summed E-state index contributed by atoms with van der Waals surface area (Å²) >= 11 is 1.46. The van der Waals surface area contributed by atoms with Crippen molar-refractivity contribution in [2.45, 2.75) is 6.92 Å². The Hall–Kier alpha value is -1.62. The highest BCUT2D eigenvalue weighted by Crippen LogP contribution is 2.36. The fourth-order valence-electron chi connectivity index (χ4n) is 2.56. The molecule has 1 N–H and O–H groups in total. The van der Waals surface area contributed by atoms with E-state index in [1.165, 1.54) is 11.5 Å². The molecule has 0 radical (unpaired) electrons. The number of hydrogen-bond acceptors (Lipinski definition) is 4. The second-order valence-corrected chi connectivity index (χ2v) is 5.58. The van der Waals surface area contributed by atoms with Gasteiger partial charge in [0.1, 0.15) is 5.00 Å². The van der Waals surface area contributed by atoms with Crippen LogP contribution in [0.4, 0.5) is 5.00 Å². The number of fused-ring (bicyclic) bond motifs is 1. The average Bonchev–Trinajstić information content (AvgIpc) is 2.92. The summed E-state index contributed by atoms with van der Waals surface area (Å²) in [6.07, 6.45) is 0. The summed E-state index contributed by atoms with van der Waals surface area (Å²) < 4.78 is 4.41. The number of carboxylic acid groups (broad SMARTS) is 1. The van der Waals surface area contributed by atoms with Crippen molar-refractivity contribution in [3.05, 3.63) is 24.3 Å². The minimum absolute atomic E-state index is 0.184. The standard InChI is InChI=1S/C13H14N2O2S/c1-8-6-15(7-10(8)13(16)17)12-9-4-2-3-5-11(9)14-18-12/h2-5,8,10H,6-7H2,1H3,(H,16,17). The van der Waals surface area contributed by atoms with Gasteiger partial charge in [0, 0.05) is 18.5 Å². The molecule has 94 valence electrons. The third-order valence-corrected chi connectivity index (χ3v) is 4.52. The molecule has 1 fully saturated rings. The van der Waals surface area contributed by atoms with Crippen LogP contribution in [0.1, 0.15) is 6.92 Å². The summed E-state index contributed by atoms with van der Waals surface area (Å²) in [6, 6.07) is 8.00. The molecule has 5 heteroatoms. The summed E-state index contributed by atoms with van der Waals surface area (Å²) in [5, 5.41) is 11.4. The molecule has 1 aromatic carbocycles. The van der Waals surface area contributed by atoms with Gasteiger partial charge in [0.05, 0.1) is 11.4 Å². The molecule has 0 amide bonds. The molecule has 2 aromatic rings. The quantitative estimate of drug-likeness (QED) is 0.903. The second-order valence-electron chi connectivity index (χ2n) is 4.83. The first-order valence-electron chi connectivity index (χ1n) is 5.99. The normalized spacial score (nSPS) is 23.7. The van der Waals surface area contributed by atoms with Gasteiger partial charge in [-0.15, -0.1) is 0 Å². The van der Waals surface area contributed by atoms with Crippen LogP contribution < -0.4 is 4.90 Å². The van der Waals surface area contributed by atoms with Crippen LogP contribution in [0, 0.1) is 11.8 Å². The van der Waals surface area contributed by atoms with Gasteiger partial charge >= 0.3 is 5.97 Å². The smallest absolute Gasteiger partial charge is 0.308 e. The summed E-state index contributed by atoms with van der Waals surface area (Å²) in [6.45, 7) is 3.38. The van der Waals surface area contributed by atoms with Crippen LogP contribution in [0.2, 0.25) is 0 Å². The predicted octanol–water partition coefficient (Wildman–Crippen LogP) is 2.45. The Kier molecular flexibility index (Phi) is 2.70. The van der Waals surface area contributed by atoms with Crippen LogP contribution in [-0.4, -0.2) is 28.5 Å². The zero-order valence-electron chi connectivity index (χ0n) is 10.0. The zero-order chi connectivity index (χ0) is 12.7. The number of aromatic nitrogens is 1. The number of anilines is 1. The molecule has 2 heterocycles. The highest BCUT2D eigenvalue weighted by molar-refractivity contribution is 7.11. The number of carboxylic acids is 1. The number of benzene rings is 1. The minimum atomic E-state index is -0.696. The number of aliphatic carboxylic acids is 1. The Balaban J connectivity index is 1.95. The third-order valence-electron chi connectivity index (χ3n) is 3.58. The van der Waals surface area contributed by atoms with Crippen LogP contribution in [-0.2, 0) is 4.79 Å². The van der Waals surface area contributed by atoms with E-state index in [0.29, 0.717) is 6.54 Å². The van der Waals surface area contributed by atoms with Gasteiger partial charge < -0.3 is 10.0 Å². The second kappa shape index (κ2) is 4.24. The SMILES string of the molecule is CC1CN(c2snc3ccccc23)CC1C(=O)O. The lowest BCUT2D eigenvalue weighted by Gasteiger charge is -2.15. The zero-order valence-corrected chi connectivity index (χ0v) is 10.9. The van der Waals surface area contributed by atoms with E-state index >= 15 is 0 Å². The number of nitrogens with zero attached hydrogens (tertiary/aromatic N) is 2. The maximum absolute atomic E-state index is 11.2. The fourth-order valence-corrected chi connectivity index (χ4v) is 3.44. The Labute approximate surface area is 109 Å².